The molecule has 2 heteroatoms. The Labute approximate surface area is 70.2 Å². The minimum absolute atomic E-state index is 0.0733. The van der Waals surface area contributed by atoms with Crippen LogP contribution in [-0.2, 0) is 5.11 Å². The molecular weight excluding hydrogens is 138 g/mol. The van der Waals surface area contributed by atoms with E-state index in [1.54, 1.807) is 0 Å². The molecular formula is C9H20NO. The molecule has 0 saturated carbocycles. The SMILES string of the molecule is CCCN(CCC)CCC[O]. The number of hydrogen-bond donors (Lipinski definition) is 0. The Balaban J connectivity index is 3.34. The van der Waals surface area contributed by atoms with Gasteiger partial charge < -0.3 is 4.90 Å². The standard InChI is InChI=1S/C9H20NO/c1-3-6-10(7-4-2)8-5-9-11/h3-9H2,1-2H3. The maximum atomic E-state index is 10.2. The monoisotopic (exact) mass is 158 g/mol. The molecule has 0 bridgehead atoms. The molecule has 0 aromatic rings. The molecule has 1 radical (unpaired) electrons. The van der Waals surface area contributed by atoms with E-state index in [4.69, 9.17) is 0 Å². The van der Waals surface area contributed by atoms with E-state index in [9.17, 15) is 5.11 Å². The summed E-state index contributed by atoms with van der Waals surface area (Å²) < 4.78 is 0. The van der Waals surface area contributed by atoms with Crippen LogP contribution in [0.25, 0.3) is 0 Å². The summed E-state index contributed by atoms with van der Waals surface area (Å²) in [5.41, 5.74) is 0. The summed E-state index contributed by atoms with van der Waals surface area (Å²) in [7, 11) is 0. The molecule has 0 fully saturated rings. The van der Waals surface area contributed by atoms with E-state index < -0.39 is 0 Å². The Morgan fingerprint density at radius 2 is 1.55 bits per heavy atom. The fraction of sp³-hybridized carbons (Fsp3) is 1.00. The molecule has 0 atom stereocenters. The van der Waals surface area contributed by atoms with Gasteiger partial charge >= 0.3 is 0 Å². The quantitative estimate of drug-likeness (QED) is 0.555. The number of rotatable bonds is 7. The normalized spacial score (nSPS) is 10.9. The van der Waals surface area contributed by atoms with Crippen molar-refractivity contribution in [3.63, 3.8) is 0 Å². The van der Waals surface area contributed by atoms with E-state index in [1.807, 2.05) is 0 Å². The van der Waals surface area contributed by atoms with Crippen molar-refractivity contribution in [2.45, 2.75) is 33.1 Å². The lowest BCUT2D eigenvalue weighted by molar-refractivity contribution is 0.165. The highest BCUT2D eigenvalue weighted by atomic mass is 16.3. The molecule has 0 spiro atoms. The molecule has 0 aliphatic rings. The fourth-order valence-electron chi connectivity index (χ4n) is 1.26. The lowest BCUT2D eigenvalue weighted by atomic mass is 10.3. The summed E-state index contributed by atoms with van der Waals surface area (Å²) in [6.07, 6.45) is 3.19. The van der Waals surface area contributed by atoms with Crippen molar-refractivity contribution in [1.29, 1.82) is 0 Å². The highest BCUT2D eigenvalue weighted by molar-refractivity contribution is 4.54. The van der Waals surface area contributed by atoms with Gasteiger partial charge in [0.15, 0.2) is 0 Å². The van der Waals surface area contributed by atoms with E-state index in [1.165, 1.54) is 12.8 Å². The summed E-state index contributed by atoms with van der Waals surface area (Å²) in [5, 5.41) is 10.2. The van der Waals surface area contributed by atoms with Gasteiger partial charge in [-0.05, 0) is 32.4 Å². The van der Waals surface area contributed by atoms with Crippen LogP contribution < -0.4 is 0 Å². The minimum Gasteiger partial charge on any atom is -0.303 e. The van der Waals surface area contributed by atoms with Gasteiger partial charge in [0.05, 0.1) is 6.61 Å². The summed E-state index contributed by atoms with van der Waals surface area (Å²) in [4.78, 5) is 2.37. The molecule has 0 N–H and O–H groups in total. The van der Waals surface area contributed by atoms with Crippen LogP contribution in [0.4, 0.5) is 0 Å². The van der Waals surface area contributed by atoms with Crippen LogP contribution in [-0.4, -0.2) is 31.1 Å². The predicted molar refractivity (Wildman–Crippen MR) is 47.2 cm³/mol. The van der Waals surface area contributed by atoms with E-state index in [-0.39, 0.29) is 6.61 Å². The van der Waals surface area contributed by atoms with Gasteiger partial charge in [-0.1, -0.05) is 13.8 Å². The van der Waals surface area contributed by atoms with E-state index in [0.717, 1.165) is 26.1 Å². The van der Waals surface area contributed by atoms with Crippen molar-refractivity contribution < 1.29 is 5.11 Å². The molecule has 0 heterocycles. The molecule has 0 rings (SSSR count). The van der Waals surface area contributed by atoms with E-state index in [2.05, 4.69) is 18.7 Å². The van der Waals surface area contributed by atoms with Gasteiger partial charge in [0.25, 0.3) is 0 Å². The Bertz CT molecular complexity index is 70.0. The molecule has 0 unspecified atom stereocenters. The smallest absolute Gasteiger partial charge is 0.0834 e. The topological polar surface area (TPSA) is 23.1 Å². The van der Waals surface area contributed by atoms with Crippen LogP contribution in [0.2, 0.25) is 0 Å². The maximum Gasteiger partial charge on any atom is 0.0834 e. The molecule has 0 saturated heterocycles. The van der Waals surface area contributed by atoms with Gasteiger partial charge in [0.2, 0.25) is 0 Å². The Hall–Kier alpha value is -0.0800. The average Bonchev–Trinajstić information content (AvgIpc) is 2.01. The highest BCUT2D eigenvalue weighted by Crippen LogP contribution is 1.95. The van der Waals surface area contributed by atoms with Crippen molar-refractivity contribution in [2.75, 3.05) is 26.2 Å². The lowest BCUT2D eigenvalue weighted by Crippen LogP contribution is -2.26. The van der Waals surface area contributed by atoms with Crippen LogP contribution in [0.1, 0.15) is 33.1 Å². The molecule has 0 amide bonds. The largest absolute Gasteiger partial charge is 0.303 e. The average molecular weight is 158 g/mol. The molecule has 0 aromatic heterocycles. The second-order valence-electron chi connectivity index (χ2n) is 2.90. The van der Waals surface area contributed by atoms with Gasteiger partial charge in [-0.3, -0.25) is 0 Å². The third-order valence-electron chi connectivity index (χ3n) is 1.70. The molecule has 67 valence electrons. The van der Waals surface area contributed by atoms with E-state index >= 15 is 0 Å². The second kappa shape index (κ2) is 8.02. The number of nitrogens with zero attached hydrogens (tertiary/aromatic N) is 1. The predicted octanol–water partition coefficient (Wildman–Crippen LogP) is 1.93. The Morgan fingerprint density at radius 1 is 1.00 bits per heavy atom. The summed E-state index contributed by atoms with van der Waals surface area (Å²) in [5.74, 6) is 0. The Kier molecular flexibility index (Phi) is 7.96. The zero-order chi connectivity index (χ0) is 8.53. The van der Waals surface area contributed by atoms with Gasteiger partial charge in [-0.25, -0.2) is 5.11 Å². The van der Waals surface area contributed by atoms with Gasteiger partial charge in [-0.2, -0.15) is 0 Å². The molecule has 0 aromatic carbocycles. The van der Waals surface area contributed by atoms with Gasteiger partial charge in [-0.15, -0.1) is 0 Å². The third kappa shape index (κ3) is 6.32. The summed E-state index contributed by atoms with van der Waals surface area (Å²) in [6.45, 7) is 7.72. The van der Waals surface area contributed by atoms with Crippen molar-refractivity contribution in [3.05, 3.63) is 0 Å². The summed E-state index contributed by atoms with van der Waals surface area (Å²) in [6, 6.07) is 0. The first-order valence-corrected chi connectivity index (χ1v) is 4.65. The first-order chi connectivity index (χ1) is 5.35. The zero-order valence-corrected chi connectivity index (χ0v) is 7.81. The van der Waals surface area contributed by atoms with Crippen molar-refractivity contribution in [3.8, 4) is 0 Å². The minimum atomic E-state index is 0.0733. The van der Waals surface area contributed by atoms with Crippen molar-refractivity contribution >= 4 is 0 Å². The molecule has 2 nitrogen and oxygen atoms in total. The second-order valence-corrected chi connectivity index (χ2v) is 2.90. The molecule has 0 aliphatic heterocycles. The first kappa shape index (κ1) is 10.9. The van der Waals surface area contributed by atoms with Crippen molar-refractivity contribution in [1.82, 2.24) is 4.90 Å². The molecule has 11 heavy (non-hydrogen) atoms. The first-order valence-electron chi connectivity index (χ1n) is 4.65. The molecule has 0 aliphatic carbocycles. The van der Waals surface area contributed by atoms with Crippen LogP contribution in [0.5, 0.6) is 0 Å². The maximum absolute atomic E-state index is 10.2. The lowest BCUT2D eigenvalue weighted by Gasteiger charge is -2.19. The number of hydrogen-bond acceptors (Lipinski definition) is 1. The van der Waals surface area contributed by atoms with Gasteiger partial charge in [0.1, 0.15) is 0 Å². The van der Waals surface area contributed by atoms with Crippen molar-refractivity contribution in [2.24, 2.45) is 0 Å². The van der Waals surface area contributed by atoms with Crippen LogP contribution in [0.3, 0.4) is 0 Å². The fourth-order valence-corrected chi connectivity index (χ4v) is 1.26. The highest BCUT2D eigenvalue weighted by Gasteiger charge is 2.00. The van der Waals surface area contributed by atoms with Gasteiger partial charge in [0, 0.05) is 6.54 Å². The van der Waals surface area contributed by atoms with Crippen LogP contribution >= 0.6 is 0 Å². The van der Waals surface area contributed by atoms with Crippen LogP contribution in [0, 0.1) is 0 Å². The summed E-state index contributed by atoms with van der Waals surface area (Å²) >= 11 is 0. The zero-order valence-electron chi connectivity index (χ0n) is 7.81. The van der Waals surface area contributed by atoms with E-state index in [0.29, 0.717) is 0 Å². The third-order valence-corrected chi connectivity index (χ3v) is 1.70. The van der Waals surface area contributed by atoms with Crippen LogP contribution in [0.15, 0.2) is 0 Å². The Morgan fingerprint density at radius 3 is 1.91 bits per heavy atom.